The molecule has 5 unspecified atom stereocenters. The molecule has 5 atom stereocenters. The first kappa shape index (κ1) is 30.4. The average Bonchev–Trinajstić information content (AvgIpc) is 2.80. The highest BCUT2D eigenvalue weighted by Crippen LogP contribution is 2.13. The molecular weight excluding hydrogens is 470 g/mol. The number of benzene rings is 1. The van der Waals surface area contributed by atoms with Crippen molar-refractivity contribution in [1.29, 1.82) is 0 Å². The van der Waals surface area contributed by atoms with Gasteiger partial charge in [0.15, 0.2) is 0 Å². The molecule has 0 aliphatic heterocycles. The van der Waals surface area contributed by atoms with E-state index in [0.29, 0.717) is 12.0 Å². The van der Waals surface area contributed by atoms with E-state index in [4.69, 9.17) is 11.5 Å². The van der Waals surface area contributed by atoms with Crippen molar-refractivity contribution in [3.8, 4) is 5.75 Å². The molecule has 4 amide bonds. The van der Waals surface area contributed by atoms with Crippen LogP contribution in [0.25, 0.3) is 0 Å². The number of carboxylic acids is 1. The summed E-state index contributed by atoms with van der Waals surface area (Å²) in [5.74, 6) is -4.90. The van der Waals surface area contributed by atoms with E-state index in [0.717, 1.165) is 0 Å². The second-order valence-corrected chi connectivity index (χ2v) is 9.15. The minimum absolute atomic E-state index is 0.0121. The molecular formula is C24H37N5O7. The van der Waals surface area contributed by atoms with E-state index in [1.165, 1.54) is 12.1 Å². The van der Waals surface area contributed by atoms with Crippen LogP contribution in [-0.4, -0.2) is 64.0 Å². The molecule has 0 saturated heterocycles. The van der Waals surface area contributed by atoms with Gasteiger partial charge in [0.1, 0.15) is 23.9 Å². The highest BCUT2D eigenvalue weighted by Gasteiger charge is 2.33. The maximum Gasteiger partial charge on any atom is 0.326 e. The number of aromatic hydroxyl groups is 1. The SMILES string of the molecule is CCC(C)C(NC(=O)C(NC(=O)C(Cc1ccc(O)cc1)NC(=O)C(N)CC(N)=O)C(C)C)C(=O)O. The van der Waals surface area contributed by atoms with Crippen molar-refractivity contribution in [3.05, 3.63) is 29.8 Å². The van der Waals surface area contributed by atoms with E-state index in [-0.39, 0.29) is 18.1 Å². The van der Waals surface area contributed by atoms with E-state index in [2.05, 4.69) is 16.0 Å². The second-order valence-electron chi connectivity index (χ2n) is 9.15. The summed E-state index contributed by atoms with van der Waals surface area (Å²) in [6, 6.07) is 1.23. The lowest BCUT2D eigenvalue weighted by Gasteiger charge is -2.28. The lowest BCUT2D eigenvalue weighted by atomic mass is 9.97. The molecule has 0 radical (unpaired) electrons. The van der Waals surface area contributed by atoms with Gasteiger partial charge in [-0.2, -0.15) is 0 Å². The Morgan fingerprint density at radius 2 is 1.44 bits per heavy atom. The van der Waals surface area contributed by atoms with E-state index in [9.17, 15) is 34.2 Å². The standard InChI is InChI=1S/C24H37N5O7/c1-5-13(4)20(24(35)36)29-23(34)19(12(2)3)28-22(33)17(10-14-6-8-15(30)9-7-14)27-21(32)16(25)11-18(26)31/h6-9,12-13,16-17,19-20,30H,5,10-11,25H2,1-4H3,(H2,26,31)(H,27,32)(H,28,33)(H,29,34)(H,35,36). The number of phenols is 1. The summed E-state index contributed by atoms with van der Waals surface area (Å²) in [5.41, 5.74) is 11.4. The number of carbonyl (C=O) groups excluding carboxylic acids is 4. The van der Waals surface area contributed by atoms with Crippen LogP contribution in [0.1, 0.15) is 46.1 Å². The summed E-state index contributed by atoms with van der Waals surface area (Å²) in [5, 5.41) is 26.6. The molecule has 9 N–H and O–H groups in total. The number of phenolic OH excluding ortho intramolecular Hbond substituents is 1. The van der Waals surface area contributed by atoms with Gasteiger partial charge in [-0.05, 0) is 29.5 Å². The highest BCUT2D eigenvalue weighted by atomic mass is 16.4. The number of amides is 4. The van der Waals surface area contributed by atoms with Gasteiger partial charge in [0.2, 0.25) is 23.6 Å². The summed E-state index contributed by atoms with van der Waals surface area (Å²) in [4.78, 5) is 61.4. The lowest BCUT2D eigenvalue weighted by molar-refractivity contribution is -0.144. The molecule has 12 nitrogen and oxygen atoms in total. The van der Waals surface area contributed by atoms with Crippen LogP contribution in [0.4, 0.5) is 0 Å². The number of primary amides is 1. The van der Waals surface area contributed by atoms with Crippen LogP contribution < -0.4 is 27.4 Å². The fourth-order valence-corrected chi connectivity index (χ4v) is 3.38. The Balaban J connectivity index is 3.13. The van der Waals surface area contributed by atoms with Gasteiger partial charge < -0.3 is 37.6 Å². The maximum atomic E-state index is 13.2. The smallest absolute Gasteiger partial charge is 0.326 e. The van der Waals surface area contributed by atoms with E-state index in [1.54, 1.807) is 39.8 Å². The molecule has 1 aromatic carbocycles. The summed E-state index contributed by atoms with van der Waals surface area (Å²) in [7, 11) is 0. The Kier molecular flexibility index (Phi) is 11.8. The fourth-order valence-electron chi connectivity index (χ4n) is 3.38. The van der Waals surface area contributed by atoms with Gasteiger partial charge in [-0.25, -0.2) is 4.79 Å². The van der Waals surface area contributed by atoms with Gasteiger partial charge in [-0.1, -0.05) is 46.2 Å². The van der Waals surface area contributed by atoms with Crippen LogP contribution in [0, 0.1) is 11.8 Å². The summed E-state index contributed by atoms with van der Waals surface area (Å²) in [6.07, 6.45) is 0.0725. The maximum absolute atomic E-state index is 13.2. The number of hydrogen-bond donors (Lipinski definition) is 7. The molecule has 0 aliphatic carbocycles. The first-order valence-corrected chi connectivity index (χ1v) is 11.7. The van der Waals surface area contributed by atoms with Crippen LogP contribution in [-0.2, 0) is 30.4 Å². The number of carbonyl (C=O) groups is 5. The van der Waals surface area contributed by atoms with Crippen molar-refractivity contribution in [2.24, 2.45) is 23.3 Å². The van der Waals surface area contributed by atoms with Crippen molar-refractivity contribution in [1.82, 2.24) is 16.0 Å². The molecule has 0 saturated carbocycles. The van der Waals surface area contributed by atoms with Crippen LogP contribution >= 0.6 is 0 Å². The van der Waals surface area contributed by atoms with Gasteiger partial charge in [0.25, 0.3) is 0 Å². The molecule has 0 spiro atoms. The molecule has 12 heteroatoms. The Morgan fingerprint density at radius 3 is 1.92 bits per heavy atom. The molecule has 0 aliphatic rings. The molecule has 0 bridgehead atoms. The molecule has 0 fully saturated rings. The number of rotatable bonds is 14. The van der Waals surface area contributed by atoms with E-state index >= 15 is 0 Å². The highest BCUT2D eigenvalue weighted by molar-refractivity contribution is 5.95. The topological polar surface area (TPSA) is 214 Å². The van der Waals surface area contributed by atoms with Gasteiger partial charge in [-0.15, -0.1) is 0 Å². The van der Waals surface area contributed by atoms with Gasteiger partial charge in [-0.3, -0.25) is 19.2 Å². The number of aliphatic carboxylic acids is 1. The third-order valence-electron chi connectivity index (χ3n) is 5.79. The zero-order valence-electron chi connectivity index (χ0n) is 21.0. The average molecular weight is 508 g/mol. The molecule has 1 aromatic rings. The minimum Gasteiger partial charge on any atom is -0.508 e. The Hall–Kier alpha value is -3.67. The predicted octanol–water partition coefficient (Wildman–Crippen LogP) is -0.621. The van der Waals surface area contributed by atoms with Crippen molar-refractivity contribution in [3.63, 3.8) is 0 Å². The van der Waals surface area contributed by atoms with Crippen molar-refractivity contribution in [2.75, 3.05) is 0 Å². The van der Waals surface area contributed by atoms with Crippen molar-refractivity contribution >= 4 is 29.6 Å². The number of nitrogens with two attached hydrogens (primary N) is 2. The lowest BCUT2D eigenvalue weighted by Crippen LogP contribution is -2.59. The molecule has 0 aromatic heterocycles. The monoisotopic (exact) mass is 507 g/mol. The zero-order valence-corrected chi connectivity index (χ0v) is 21.0. The van der Waals surface area contributed by atoms with Crippen LogP contribution in [0.2, 0.25) is 0 Å². The summed E-state index contributed by atoms with van der Waals surface area (Å²) >= 11 is 0. The number of hydrogen-bond acceptors (Lipinski definition) is 7. The molecule has 1 rings (SSSR count). The third kappa shape index (κ3) is 9.53. The second kappa shape index (κ2) is 14.0. The molecule has 200 valence electrons. The van der Waals surface area contributed by atoms with Gasteiger partial charge >= 0.3 is 5.97 Å². The van der Waals surface area contributed by atoms with Gasteiger partial charge in [0.05, 0.1) is 12.5 Å². The Bertz CT molecular complexity index is 935. The third-order valence-corrected chi connectivity index (χ3v) is 5.79. The minimum atomic E-state index is -1.28. The van der Waals surface area contributed by atoms with Crippen LogP contribution in [0.3, 0.4) is 0 Å². The number of nitrogens with one attached hydrogen (secondary N) is 3. The van der Waals surface area contributed by atoms with Crippen LogP contribution in [0.15, 0.2) is 24.3 Å². The zero-order chi connectivity index (χ0) is 27.6. The first-order chi connectivity index (χ1) is 16.8. The van der Waals surface area contributed by atoms with E-state index in [1.807, 2.05) is 0 Å². The quantitative estimate of drug-likeness (QED) is 0.172. The van der Waals surface area contributed by atoms with Crippen molar-refractivity contribution < 1.29 is 34.2 Å². The Labute approximate surface area is 210 Å². The molecule has 0 heterocycles. The van der Waals surface area contributed by atoms with Crippen molar-refractivity contribution in [2.45, 2.75) is 71.1 Å². The number of carboxylic acid groups (broad SMARTS) is 1. The van der Waals surface area contributed by atoms with E-state index < -0.39 is 66.1 Å². The summed E-state index contributed by atoms with van der Waals surface area (Å²) < 4.78 is 0. The fraction of sp³-hybridized carbons (Fsp3) is 0.542. The first-order valence-electron chi connectivity index (χ1n) is 11.7. The van der Waals surface area contributed by atoms with Gasteiger partial charge in [0, 0.05) is 6.42 Å². The Morgan fingerprint density at radius 1 is 0.889 bits per heavy atom. The normalized spacial score (nSPS) is 15.2. The molecule has 36 heavy (non-hydrogen) atoms. The largest absolute Gasteiger partial charge is 0.508 e. The predicted molar refractivity (Wildman–Crippen MR) is 131 cm³/mol. The van der Waals surface area contributed by atoms with Crippen LogP contribution in [0.5, 0.6) is 5.75 Å². The summed E-state index contributed by atoms with van der Waals surface area (Å²) in [6.45, 7) is 6.86.